The average molecular weight is 459 g/mol. The molecule has 0 aromatic carbocycles. The SMILES string of the molecule is CC[C@H](CC[C@@H](C)[C@H]1CC[C@H]2[C@@H]3CCC4CC(OC(C)C)CC[C@]4(C)[C@H]3CC[C@]12C)C(C)C. The van der Waals surface area contributed by atoms with E-state index in [-0.39, 0.29) is 0 Å². The molecule has 10 atom stereocenters. The number of rotatable bonds is 8. The predicted octanol–water partition coefficient (Wildman–Crippen LogP) is 9.54. The molecule has 1 nitrogen and oxygen atoms in total. The lowest BCUT2D eigenvalue weighted by molar-refractivity contribution is -0.142. The van der Waals surface area contributed by atoms with Crippen molar-refractivity contribution >= 4 is 0 Å². The van der Waals surface area contributed by atoms with Crippen molar-refractivity contribution < 1.29 is 4.74 Å². The Balaban J connectivity index is 1.42. The molecule has 0 spiro atoms. The minimum Gasteiger partial charge on any atom is -0.376 e. The van der Waals surface area contributed by atoms with Crippen LogP contribution in [0.15, 0.2) is 0 Å². The van der Waals surface area contributed by atoms with E-state index in [0.29, 0.717) is 23.0 Å². The van der Waals surface area contributed by atoms with Gasteiger partial charge in [-0.25, -0.2) is 0 Å². The molecule has 4 rings (SSSR count). The summed E-state index contributed by atoms with van der Waals surface area (Å²) in [6.07, 6.45) is 18.4. The van der Waals surface area contributed by atoms with Crippen LogP contribution in [0.25, 0.3) is 0 Å². The van der Waals surface area contributed by atoms with Gasteiger partial charge in [0.05, 0.1) is 12.2 Å². The van der Waals surface area contributed by atoms with E-state index in [2.05, 4.69) is 55.4 Å². The van der Waals surface area contributed by atoms with Crippen LogP contribution < -0.4 is 0 Å². The molecule has 4 aliphatic rings. The van der Waals surface area contributed by atoms with Crippen LogP contribution in [0.4, 0.5) is 0 Å². The van der Waals surface area contributed by atoms with E-state index in [1.54, 1.807) is 0 Å². The first-order valence-corrected chi connectivity index (χ1v) is 15.3. The quantitative estimate of drug-likeness (QED) is 0.352. The topological polar surface area (TPSA) is 9.23 Å². The Morgan fingerprint density at radius 2 is 1.48 bits per heavy atom. The van der Waals surface area contributed by atoms with E-state index in [4.69, 9.17) is 4.74 Å². The van der Waals surface area contributed by atoms with Gasteiger partial charge < -0.3 is 4.74 Å². The summed E-state index contributed by atoms with van der Waals surface area (Å²) < 4.78 is 6.31. The summed E-state index contributed by atoms with van der Waals surface area (Å²) in [5.74, 6) is 7.61. The zero-order chi connectivity index (χ0) is 24.0. The highest BCUT2D eigenvalue weighted by Crippen LogP contribution is 2.68. The van der Waals surface area contributed by atoms with Gasteiger partial charge in [0, 0.05) is 0 Å². The summed E-state index contributed by atoms with van der Waals surface area (Å²) in [6, 6.07) is 0. The minimum absolute atomic E-state index is 0.386. The third-order valence-electron chi connectivity index (χ3n) is 12.3. The van der Waals surface area contributed by atoms with Crippen LogP contribution in [0.2, 0.25) is 0 Å². The van der Waals surface area contributed by atoms with Gasteiger partial charge in [0.15, 0.2) is 0 Å². The van der Waals surface area contributed by atoms with Gasteiger partial charge in [0.2, 0.25) is 0 Å². The van der Waals surface area contributed by atoms with Crippen molar-refractivity contribution in [3.63, 3.8) is 0 Å². The highest BCUT2D eigenvalue weighted by molar-refractivity contribution is 5.09. The maximum absolute atomic E-state index is 6.31. The van der Waals surface area contributed by atoms with Crippen molar-refractivity contribution in [3.05, 3.63) is 0 Å². The van der Waals surface area contributed by atoms with Crippen LogP contribution in [0.1, 0.15) is 132 Å². The third-order valence-corrected chi connectivity index (χ3v) is 12.3. The summed E-state index contributed by atoms with van der Waals surface area (Å²) in [4.78, 5) is 0. The Bertz CT molecular complexity index is 638. The fourth-order valence-electron chi connectivity index (χ4n) is 10.4. The van der Waals surface area contributed by atoms with Crippen molar-refractivity contribution in [2.24, 2.45) is 58.2 Å². The summed E-state index contributed by atoms with van der Waals surface area (Å²) in [7, 11) is 0. The van der Waals surface area contributed by atoms with Crippen molar-refractivity contribution in [1.82, 2.24) is 0 Å². The van der Waals surface area contributed by atoms with E-state index in [0.717, 1.165) is 47.3 Å². The fraction of sp³-hybridized carbons (Fsp3) is 1.00. The Labute approximate surface area is 207 Å². The molecule has 4 aliphatic carbocycles. The number of ether oxygens (including phenoxy) is 1. The maximum atomic E-state index is 6.31. The number of fused-ring (bicyclic) bond motifs is 5. The van der Waals surface area contributed by atoms with Crippen molar-refractivity contribution in [1.29, 1.82) is 0 Å². The van der Waals surface area contributed by atoms with E-state index in [1.165, 1.54) is 77.0 Å². The lowest BCUT2D eigenvalue weighted by Gasteiger charge is -2.61. The third kappa shape index (κ3) is 4.84. The van der Waals surface area contributed by atoms with Gasteiger partial charge >= 0.3 is 0 Å². The monoisotopic (exact) mass is 458 g/mol. The molecular weight excluding hydrogens is 400 g/mol. The van der Waals surface area contributed by atoms with Gasteiger partial charge in [-0.05, 0) is 136 Å². The van der Waals surface area contributed by atoms with Crippen LogP contribution in [0.5, 0.6) is 0 Å². The van der Waals surface area contributed by atoms with Crippen LogP contribution >= 0.6 is 0 Å². The lowest BCUT2D eigenvalue weighted by atomic mass is 9.44. The van der Waals surface area contributed by atoms with Crippen LogP contribution in [-0.2, 0) is 4.74 Å². The molecule has 0 radical (unpaired) electrons. The highest BCUT2D eigenvalue weighted by atomic mass is 16.5. The maximum Gasteiger partial charge on any atom is 0.0581 e. The molecule has 0 aromatic rings. The molecular formula is C32H58O. The highest BCUT2D eigenvalue weighted by Gasteiger charge is 2.60. The Morgan fingerprint density at radius 3 is 2.15 bits per heavy atom. The summed E-state index contributed by atoms with van der Waals surface area (Å²) in [5, 5.41) is 0. The molecule has 0 aliphatic heterocycles. The molecule has 0 amide bonds. The van der Waals surface area contributed by atoms with Gasteiger partial charge in [0.25, 0.3) is 0 Å². The van der Waals surface area contributed by atoms with Crippen molar-refractivity contribution in [3.8, 4) is 0 Å². The van der Waals surface area contributed by atoms with Crippen LogP contribution in [0, 0.1) is 58.2 Å². The van der Waals surface area contributed by atoms with Crippen LogP contribution in [0.3, 0.4) is 0 Å². The second kappa shape index (κ2) is 10.1. The Hall–Kier alpha value is -0.0400. The van der Waals surface area contributed by atoms with Gasteiger partial charge in [-0.1, -0.05) is 54.4 Å². The fourth-order valence-corrected chi connectivity index (χ4v) is 10.4. The normalized spacial score (nSPS) is 44.9. The van der Waals surface area contributed by atoms with Gasteiger partial charge in [-0.15, -0.1) is 0 Å². The van der Waals surface area contributed by atoms with Crippen molar-refractivity contribution in [2.75, 3.05) is 0 Å². The molecule has 192 valence electrons. The van der Waals surface area contributed by atoms with E-state index < -0.39 is 0 Å². The molecule has 2 unspecified atom stereocenters. The predicted molar refractivity (Wildman–Crippen MR) is 142 cm³/mol. The zero-order valence-corrected chi connectivity index (χ0v) is 23.7. The second-order valence-corrected chi connectivity index (χ2v) is 14.4. The summed E-state index contributed by atoms with van der Waals surface area (Å²) >= 11 is 0. The first-order chi connectivity index (χ1) is 15.6. The second-order valence-electron chi connectivity index (χ2n) is 14.4. The van der Waals surface area contributed by atoms with Gasteiger partial charge in [-0.3, -0.25) is 0 Å². The van der Waals surface area contributed by atoms with Gasteiger partial charge in [-0.2, -0.15) is 0 Å². The molecule has 0 N–H and O–H groups in total. The first kappa shape index (κ1) is 26.0. The van der Waals surface area contributed by atoms with E-state index in [9.17, 15) is 0 Å². The molecule has 4 fully saturated rings. The van der Waals surface area contributed by atoms with E-state index >= 15 is 0 Å². The molecule has 0 bridgehead atoms. The first-order valence-electron chi connectivity index (χ1n) is 15.3. The number of hydrogen-bond donors (Lipinski definition) is 0. The Morgan fingerprint density at radius 1 is 0.788 bits per heavy atom. The van der Waals surface area contributed by atoms with Crippen molar-refractivity contribution in [2.45, 2.75) is 145 Å². The molecule has 0 aromatic heterocycles. The number of hydrogen-bond acceptors (Lipinski definition) is 1. The van der Waals surface area contributed by atoms with E-state index in [1.807, 2.05) is 0 Å². The lowest BCUT2D eigenvalue weighted by Crippen LogP contribution is -2.54. The standard InChI is InChI=1S/C32H58O/c1-9-24(21(2)3)11-10-23(6)28-14-15-29-27-13-12-25-20-26(33-22(4)5)16-18-31(25,7)30(27)17-19-32(28,29)8/h21-30H,9-20H2,1-8H3/t23-,24-,25?,26?,27+,28-,29+,30+,31+,32-/m1/s1. The zero-order valence-electron chi connectivity index (χ0n) is 23.7. The Kier molecular flexibility index (Phi) is 8.00. The largest absolute Gasteiger partial charge is 0.376 e. The summed E-state index contributed by atoms with van der Waals surface area (Å²) in [6.45, 7) is 19.8. The van der Waals surface area contributed by atoms with Crippen LogP contribution in [-0.4, -0.2) is 12.2 Å². The average Bonchev–Trinajstić information content (AvgIpc) is 3.11. The smallest absolute Gasteiger partial charge is 0.0581 e. The summed E-state index contributed by atoms with van der Waals surface area (Å²) in [5.41, 5.74) is 1.22. The molecule has 4 saturated carbocycles. The molecule has 1 heteroatoms. The minimum atomic E-state index is 0.386. The molecule has 0 saturated heterocycles. The molecule has 0 heterocycles. The molecule has 33 heavy (non-hydrogen) atoms. The van der Waals surface area contributed by atoms with Gasteiger partial charge in [0.1, 0.15) is 0 Å².